The number of aromatic nitrogens is 1. The molecule has 0 spiro atoms. The third kappa shape index (κ3) is 3.08. The van der Waals surface area contributed by atoms with Crippen LogP contribution in [0.2, 0.25) is 0 Å². The average molecular weight is 307 g/mol. The first-order chi connectivity index (χ1) is 11.1. The summed E-state index contributed by atoms with van der Waals surface area (Å²) in [7, 11) is 0. The molecule has 2 aromatic rings. The molecule has 0 bridgehead atoms. The Balaban J connectivity index is 2.08. The van der Waals surface area contributed by atoms with Crippen molar-refractivity contribution in [1.82, 2.24) is 4.98 Å². The van der Waals surface area contributed by atoms with Gasteiger partial charge in [0.1, 0.15) is 0 Å². The molecule has 0 aliphatic heterocycles. The highest BCUT2D eigenvalue weighted by Crippen LogP contribution is 2.34. The molecule has 5 nitrogen and oxygen atoms in total. The lowest BCUT2D eigenvalue weighted by atomic mass is 9.79. The largest absolute Gasteiger partial charge is 0.369 e. The van der Waals surface area contributed by atoms with Gasteiger partial charge in [-0.15, -0.1) is 5.10 Å². The Labute approximate surface area is 136 Å². The maximum Gasteiger partial charge on any atom is 0.211 e. The standard InChI is InChI=1S/C18H21N5/c1-11-5-3-4-6-14(11)13-9-15-17(12(2)7-8-21-15)16(10-13)22-23-18(19)20/h3-8,13H,9-10H2,1-2H3,(H4,19,20,23)/b22-16-. The van der Waals surface area contributed by atoms with Gasteiger partial charge in [0, 0.05) is 11.8 Å². The number of nitrogens with zero attached hydrogens (tertiary/aromatic N) is 3. The van der Waals surface area contributed by atoms with Crippen LogP contribution in [-0.2, 0) is 6.42 Å². The van der Waals surface area contributed by atoms with Crippen molar-refractivity contribution in [2.45, 2.75) is 32.6 Å². The summed E-state index contributed by atoms with van der Waals surface area (Å²) in [5.41, 5.74) is 17.7. The third-order valence-electron chi connectivity index (χ3n) is 4.32. The van der Waals surface area contributed by atoms with Gasteiger partial charge in [0.15, 0.2) is 0 Å². The van der Waals surface area contributed by atoms with Crippen LogP contribution in [0, 0.1) is 13.8 Å². The van der Waals surface area contributed by atoms with E-state index in [9.17, 15) is 0 Å². The number of nitrogens with two attached hydrogens (primary N) is 2. The van der Waals surface area contributed by atoms with Crippen LogP contribution in [0.5, 0.6) is 0 Å². The van der Waals surface area contributed by atoms with E-state index < -0.39 is 0 Å². The molecule has 0 saturated carbocycles. The molecule has 118 valence electrons. The summed E-state index contributed by atoms with van der Waals surface area (Å²) in [5.74, 6) is 0.310. The highest BCUT2D eigenvalue weighted by atomic mass is 15.3. The summed E-state index contributed by atoms with van der Waals surface area (Å²) < 4.78 is 0. The van der Waals surface area contributed by atoms with E-state index >= 15 is 0 Å². The highest BCUT2D eigenvalue weighted by Gasteiger charge is 2.28. The number of guanidine groups is 1. The van der Waals surface area contributed by atoms with Crippen LogP contribution >= 0.6 is 0 Å². The monoisotopic (exact) mass is 307 g/mol. The predicted octanol–water partition coefficient (Wildman–Crippen LogP) is 2.41. The topological polar surface area (TPSA) is 89.6 Å². The summed E-state index contributed by atoms with van der Waals surface area (Å²) in [4.78, 5) is 4.57. The fourth-order valence-corrected chi connectivity index (χ4v) is 3.28. The molecule has 1 unspecified atom stereocenters. The predicted molar refractivity (Wildman–Crippen MR) is 93.6 cm³/mol. The van der Waals surface area contributed by atoms with Crippen molar-refractivity contribution in [3.8, 4) is 0 Å². The van der Waals surface area contributed by atoms with Crippen LogP contribution in [0.4, 0.5) is 0 Å². The first kappa shape index (κ1) is 15.2. The molecule has 1 atom stereocenters. The van der Waals surface area contributed by atoms with Crippen molar-refractivity contribution in [1.29, 1.82) is 0 Å². The minimum atomic E-state index is -0.0291. The molecule has 1 aromatic heterocycles. The second-order valence-electron chi connectivity index (χ2n) is 5.98. The summed E-state index contributed by atoms with van der Waals surface area (Å²) in [6.07, 6.45) is 3.57. The summed E-state index contributed by atoms with van der Waals surface area (Å²) in [6, 6.07) is 10.5. The van der Waals surface area contributed by atoms with Gasteiger partial charge in [-0.25, -0.2) is 0 Å². The van der Waals surface area contributed by atoms with Gasteiger partial charge >= 0.3 is 0 Å². The maximum atomic E-state index is 5.44. The Hall–Kier alpha value is -2.69. The Kier molecular flexibility index (Phi) is 4.10. The molecule has 4 N–H and O–H groups in total. The Morgan fingerprint density at radius 2 is 1.87 bits per heavy atom. The lowest BCUT2D eigenvalue weighted by Crippen LogP contribution is -2.24. The number of hydrogen-bond acceptors (Lipinski definition) is 3. The van der Waals surface area contributed by atoms with E-state index in [0.29, 0.717) is 5.92 Å². The Morgan fingerprint density at radius 1 is 1.09 bits per heavy atom. The second-order valence-corrected chi connectivity index (χ2v) is 5.98. The zero-order chi connectivity index (χ0) is 16.4. The lowest BCUT2D eigenvalue weighted by molar-refractivity contribution is 0.673. The van der Waals surface area contributed by atoms with Crippen molar-refractivity contribution >= 4 is 11.7 Å². The van der Waals surface area contributed by atoms with Gasteiger partial charge in [-0.1, -0.05) is 24.3 Å². The number of pyridine rings is 1. The smallest absolute Gasteiger partial charge is 0.211 e. The molecule has 1 heterocycles. The highest BCUT2D eigenvalue weighted by molar-refractivity contribution is 6.04. The minimum absolute atomic E-state index is 0.0291. The zero-order valence-electron chi connectivity index (χ0n) is 13.5. The van der Waals surface area contributed by atoms with Gasteiger partial charge in [0.2, 0.25) is 5.96 Å². The summed E-state index contributed by atoms with van der Waals surface area (Å²) in [5, 5.41) is 8.18. The molecule has 1 aliphatic rings. The van der Waals surface area contributed by atoms with Crippen molar-refractivity contribution in [3.63, 3.8) is 0 Å². The molecule has 1 aliphatic carbocycles. The van der Waals surface area contributed by atoms with Crippen molar-refractivity contribution in [2.24, 2.45) is 21.7 Å². The molecular weight excluding hydrogens is 286 g/mol. The number of hydrogen-bond donors (Lipinski definition) is 2. The first-order valence-electron chi connectivity index (χ1n) is 7.72. The van der Waals surface area contributed by atoms with E-state index in [0.717, 1.165) is 35.4 Å². The Bertz CT molecular complexity index is 788. The van der Waals surface area contributed by atoms with Gasteiger partial charge in [-0.3, -0.25) is 4.98 Å². The van der Waals surface area contributed by atoms with E-state index in [1.165, 1.54) is 11.1 Å². The van der Waals surface area contributed by atoms with E-state index in [2.05, 4.69) is 53.3 Å². The Morgan fingerprint density at radius 3 is 2.61 bits per heavy atom. The molecular formula is C18H21N5. The fourth-order valence-electron chi connectivity index (χ4n) is 3.28. The van der Waals surface area contributed by atoms with Crippen molar-refractivity contribution in [2.75, 3.05) is 0 Å². The summed E-state index contributed by atoms with van der Waals surface area (Å²) in [6.45, 7) is 4.21. The van der Waals surface area contributed by atoms with Crippen molar-refractivity contribution in [3.05, 3.63) is 64.5 Å². The maximum absolute atomic E-state index is 5.44. The van der Waals surface area contributed by atoms with E-state index in [-0.39, 0.29) is 5.96 Å². The van der Waals surface area contributed by atoms with Crippen LogP contribution in [0.3, 0.4) is 0 Å². The van der Waals surface area contributed by atoms with Gasteiger partial charge in [-0.2, -0.15) is 5.10 Å². The average Bonchev–Trinajstić information content (AvgIpc) is 2.53. The normalized spacial score (nSPS) is 18.5. The lowest BCUT2D eigenvalue weighted by Gasteiger charge is -2.27. The number of rotatable bonds is 2. The number of benzene rings is 1. The van der Waals surface area contributed by atoms with Crippen LogP contribution in [-0.4, -0.2) is 16.7 Å². The van der Waals surface area contributed by atoms with Crippen LogP contribution < -0.4 is 11.5 Å². The number of aryl methyl sites for hydroxylation is 2. The molecule has 3 rings (SSSR count). The third-order valence-corrected chi connectivity index (χ3v) is 4.32. The van der Waals surface area contributed by atoms with Gasteiger partial charge in [-0.05, 0) is 55.4 Å². The molecule has 1 aromatic carbocycles. The zero-order valence-corrected chi connectivity index (χ0v) is 13.5. The molecule has 0 fully saturated rings. The molecule has 0 saturated heterocycles. The minimum Gasteiger partial charge on any atom is -0.369 e. The van der Waals surface area contributed by atoms with Gasteiger partial charge in [0.25, 0.3) is 0 Å². The fraction of sp³-hybridized carbons (Fsp3) is 0.278. The van der Waals surface area contributed by atoms with Crippen LogP contribution in [0.25, 0.3) is 0 Å². The quantitative estimate of drug-likeness (QED) is 0.507. The van der Waals surface area contributed by atoms with Gasteiger partial charge < -0.3 is 11.5 Å². The van der Waals surface area contributed by atoms with E-state index in [1.807, 2.05) is 12.3 Å². The van der Waals surface area contributed by atoms with Crippen LogP contribution in [0.1, 0.15) is 40.3 Å². The van der Waals surface area contributed by atoms with E-state index in [4.69, 9.17) is 11.5 Å². The SMILES string of the molecule is Cc1ccccc1C1C/C(=N/N=C(N)N)c2c(C)ccnc2C1. The first-order valence-corrected chi connectivity index (χ1v) is 7.72. The summed E-state index contributed by atoms with van der Waals surface area (Å²) >= 11 is 0. The second kappa shape index (κ2) is 6.20. The molecule has 23 heavy (non-hydrogen) atoms. The molecule has 0 radical (unpaired) electrons. The van der Waals surface area contributed by atoms with Crippen molar-refractivity contribution < 1.29 is 0 Å². The molecule has 5 heteroatoms. The van der Waals surface area contributed by atoms with Gasteiger partial charge in [0.05, 0.1) is 11.4 Å². The molecule has 0 amide bonds. The van der Waals surface area contributed by atoms with E-state index in [1.54, 1.807) is 0 Å². The van der Waals surface area contributed by atoms with Crippen LogP contribution in [0.15, 0.2) is 46.7 Å². The number of fused-ring (bicyclic) bond motifs is 1.